The molecule has 1 atom stereocenters. The van der Waals surface area contributed by atoms with E-state index < -0.39 is 6.04 Å². The van der Waals surface area contributed by atoms with E-state index in [1.54, 1.807) is 0 Å². The Balaban J connectivity index is 2.31. The quantitative estimate of drug-likeness (QED) is 0.843. The minimum Gasteiger partial charge on any atom is -0.350 e. The SMILES string of the molecule is C=C(Br)CNC(=O)[C@@H](N)CCc1ccccc1. The van der Waals surface area contributed by atoms with E-state index in [-0.39, 0.29) is 5.91 Å². The Morgan fingerprint density at radius 3 is 2.65 bits per heavy atom. The number of carbonyl (C=O) groups excluding carboxylic acids is 1. The molecule has 0 aliphatic heterocycles. The number of nitrogens with one attached hydrogen (secondary N) is 1. The molecule has 4 heteroatoms. The predicted molar refractivity (Wildman–Crippen MR) is 73.8 cm³/mol. The van der Waals surface area contributed by atoms with E-state index in [0.29, 0.717) is 13.0 Å². The van der Waals surface area contributed by atoms with Crippen molar-refractivity contribution in [1.82, 2.24) is 5.32 Å². The minimum absolute atomic E-state index is 0.137. The van der Waals surface area contributed by atoms with E-state index in [4.69, 9.17) is 5.73 Å². The number of nitrogens with two attached hydrogens (primary N) is 1. The van der Waals surface area contributed by atoms with Gasteiger partial charge in [-0.15, -0.1) is 0 Å². The van der Waals surface area contributed by atoms with Crippen LogP contribution in [0.15, 0.2) is 41.4 Å². The van der Waals surface area contributed by atoms with Crippen LogP contribution >= 0.6 is 15.9 Å². The highest BCUT2D eigenvalue weighted by molar-refractivity contribution is 9.11. The molecule has 0 saturated heterocycles. The van der Waals surface area contributed by atoms with Crippen molar-refractivity contribution in [3.8, 4) is 0 Å². The molecule has 0 spiro atoms. The lowest BCUT2D eigenvalue weighted by molar-refractivity contribution is -0.122. The topological polar surface area (TPSA) is 55.1 Å². The molecule has 17 heavy (non-hydrogen) atoms. The molecular formula is C13H17BrN2O. The fourth-order valence-corrected chi connectivity index (χ4v) is 1.55. The van der Waals surface area contributed by atoms with E-state index >= 15 is 0 Å². The Hall–Kier alpha value is -1.13. The number of hydrogen-bond donors (Lipinski definition) is 2. The Morgan fingerprint density at radius 1 is 1.41 bits per heavy atom. The van der Waals surface area contributed by atoms with Gasteiger partial charge in [0.1, 0.15) is 0 Å². The monoisotopic (exact) mass is 296 g/mol. The first-order chi connectivity index (χ1) is 8.09. The molecule has 0 radical (unpaired) electrons. The van der Waals surface area contributed by atoms with E-state index in [0.717, 1.165) is 10.9 Å². The van der Waals surface area contributed by atoms with Gasteiger partial charge < -0.3 is 11.1 Å². The third kappa shape index (κ3) is 5.65. The lowest BCUT2D eigenvalue weighted by atomic mass is 10.1. The molecule has 0 unspecified atom stereocenters. The lowest BCUT2D eigenvalue weighted by Crippen LogP contribution is -2.41. The van der Waals surface area contributed by atoms with Crippen molar-refractivity contribution < 1.29 is 4.79 Å². The highest BCUT2D eigenvalue weighted by Gasteiger charge is 2.12. The standard InChI is InChI=1S/C13H17BrN2O/c1-10(14)9-16-13(17)12(15)8-7-11-5-3-2-4-6-11/h2-6,12H,1,7-9,15H2,(H,16,17)/t12-/m0/s1. The van der Waals surface area contributed by atoms with Gasteiger partial charge in [-0.05, 0) is 18.4 Å². The maximum absolute atomic E-state index is 11.6. The van der Waals surface area contributed by atoms with Crippen molar-refractivity contribution in [1.29, 1.82) is 0 Å². The zero-order valence-corrected chi connectivity index (χ0v) is 11.2. The molecule has 92 valence electrons. The number of aryl methyl sites for hydroxylation is 1. The molecule has 1 aromatic carbocycles. The van der Waals surface area contributed by atoms with Gasteiger partial charge in [0.05, 0.1) is 6.04 Å². The molecule has 1 amide bonds. The number of carbonyl (C=O) groups is 1. The second-order valence-electron chi connectivity index (χ2n) is 3.87. The smallest absolute Gasteiger partial charge is 0.237 e. The number of rotatable bonds is 6. The Bertz CT molecular complexity index is 378. The third-order valence-corrected chi connectivity index (χ3v) is 2.66. The van der Waals surface area contributed by atoms with Crippen molar-refractivity contribution in [3.63, 3.8) is 0 Å². The summed E-state index contributed by atoms with van der Waals surface area (Å²) in [5.41, 5.74) is 6.99. The molecule has 0 saturated carbocycles. The number of amides is 1. The summed E-state index contributed by atoms with van der Waals surface area (Å²) in [4.78, 5) is 11.6. The molecule has 0 bridgehead atoms. The predicted octanol–water partition coefficient (Wildman–Crippen LogP) is 1.97. The van der Waals surface area contributed by atoms with Gasteiger partial charge in [0.2, 0.25) is 5.91 Å². The van der Waals surface area contributed by atoms with Crippen molar-refractivity contribution in [2.45, 2.75) is 18.9 Å². The van der Waals surface area contributed by atoms with Gasteiger partial charge in [0.25, 0.3) is 0 Å². The van der Waals surface area contributed by atoms with Crippen LogP contribution in [0.2, 0.25) is 0 Å². The third-order valence-electron chi connectivity index (χ3n) is 2.38. The first-order valence-electron chi connectivity index (χ1n) is 5.50. The first-order valence-corrected chi connectivity index (χ1v) is 6.29. The van der Waals surface area contributed by atoms with Gasteiger partial charge in [-0.1, -0.05) is 52.8 Å². The highest BCUT2D eigenvalue weighted by Crippen LogP contribution is 2.04. The molecule has 0 heterocycles. The summed E-state index contributed by atoms with van der Waals surface area (Å²) in [5, 5.41) is 2.71. The first kappa shape index (κ1) is 13.9. The highest BCUT2D eigenvalue weighted by atomic mass is 79.9. The van der Waals surface area contributed by atoms with Gasteiger partial charge in [-0.25, -0.2) is 0 Å². The molecule has 3 nitrogen and oxygen atoms in total. The second-order valence-corrected chi connectivity index (χ2v) is 4.99. The molecule has 0 fully saturated rings. The molecule has 1 rings (SSSR count). The van der Waals surface area contributed by atoms with Crippen molar-refractivity contribution in [2.24, 2.45) is 5.73 Å². The summed E-state index contributed by atoms with van der Waals surface area (Å²) in [6.45, 7) is 4.06. The zero-order chi connectivity index (χ0) is 12.7. The van der Waals surface area contributed by atoms with Gasteiger partial charge in [-0.2, -0.15) is 0 Å². The summed E-state index contributed by atoms with van der Waals surface area (Å²) in [7, 11) is 0. The van der Waals surface area contributed by atoms with Crippen LogP contribution in [0, 0.1) is 0 Å². The summed E-state index contributed by atoms with van der Waals surface area (Å²) < 4.78 is 0.737. The van der Waals surface area contributed by atoms with Gasteiger partial charge in [0.15, 0.2) is 0 Å². The fourth-order valence-electron chi connectivity index (χ4n) is 1.41. The van der Waals surface area contributed by atoms with Gasteiger partial charge in [0, 0.05) is 11.0 Å². The van der Waals surface area contributed by atoms with Crippen molar-refractivity contribution in [2.75, 3.05) is 6.54 Å². The summed E-state index contributed by atoms with van der Waals surface area (Å²) >= 11 is 3.18. The van der Waals surface area contributed by atoms with Crippen LogP contribution in [-0.4, -0.2) is 18.5 Å². The van der Waals surface area contributed by atoms with Crippen LogP contribution in [0.1, 0.15) is 12.0 Å². The van der Waals surface area contributed by atoms with E-state index in [9.17, 15) is 4.79 Å². The molecule has 0 aliphatic rings. The zero-order valence-electron chi connectivity index (χ0n) is 9.66. The maximum Gasteiger partial charge on any atom is 0.237 e. The number of hydrogen-bond acceptors (Lipinski definition) is 2. The molecule has 0 aliphatic carbocycles. The lowest BCUT2D eigenvalue weighted by Gasteiger charge is -2.11. The van der Waals surface area contributed by atoms with Crippen LogP contribution < -0.4 is 11.1 Å². The summed E-state index contributed by atoms with van der Waals surface area (Å²) in [6, 6.07) is 9.53. The Kier molecular flexibility index (Phi) is 5.94. The summed E-state index contributed by atoms with van der Waals surface area (Å²) in [6.07, 6.45) is 1.45. The van der Waals surface area contributed by atoms with Gasteiger partial charge >= 0.3 is 0 Å². The average molecular weight is 297 g/mol. The number of benzene rings is 1. The van der Waals surface area contributed by atoms with Crippen LogP contribution in [0.25, 0.3) is 0 Å². The molecular weight excluding hydrogens is 280 g/mol. The van der Waals surface area contributed by atoms with Crippen LogP contribution in [-0.2, 0) is 11.2 Å². The average Bonchev–Trinajstić information content (AvgIpc) is 2.34. The largest absolute Gasteiger partial charge is 0.350 e. The molecule has 1 aromatic rings. The van der Waals surface area contributed by atoms with Gasteiger partial charge in [-0.3, -0.25) is 4.79 Å². The normalized spacial score (nSPS) is 11.9. The second kappa shape index (κ2) is 7.25. The van der Waals surface area contributed by atoms with Crippen LogP contribution in [0.5, 0.6) is 0 Å². The van der Waals surface area contributed by atoms with Crippen molar-refractivity contribution >= 4 is 21.8 Å². The molecule has 3 N–H and O–H groups in total. The van der Waals surface area contributed by atoms with Crippen LogP contribution in [0.4, 0.5) is 0 Å². The molecule has 0 aromatic heterocycles. The van der Waals surface area contributed by atoms with E-state index in [2.05, 4.69) is 27.8 Å². The maximum atomic E-state index is 11.6. The Labute approximate surface area is 110 Å². The number of halogens is 1. The minimum atomic E-state index is -0.470. The van der Waals surface area contributed by atoms with E-state index in [1.807, 2.05) is 30.3 Å². The van der Waals surface area contributed by atoms with Crippen LogP contribution in [0.3, 0.4) is 0 Å². The van der Waals surface area contributed by atoms with Crippen molar-refractivity contribution in [3.05, 3.63) is 47.0 Å². The fraction of sp³-hybridized carbons (Fsp3) is 0.308. The Morgan fingerprint density at radius 2 is 2.06 bits per heavy atom. The summed E-state index contributed by atoms with van der Waals surface area (Å²) in [5.74, 6) is -0.137. The van der Waals surface area contributed by atoms with E-state index in [1.165, 1.54) is 5.56 Å².